The van der Waals surface area contributed by atoms with Gasteiger partial charge in [0.1, 0.15) is 5.82 Å². The summed E-state index contributed by atoms with van der Waals surface area (Å²) in [6, 6.07) is 4.56. The largest absolute Gasteiger partial charge is 0.390 e. The van der Waals surface area contributed by atoms with Crippen LogP contribution in [-0.4, -0.2) is 37.3 Å². The molecule has 0 aromatic heterocycles. The summed E-state index contributed by atoms with van der Waals surface area (Å²) in [5, 5.41) is 3.11. The highest BCUT2D eigenvalue weighted by Gasteiger charge is 2.35. The van der Waals surface area contributed by atoms with Gasteiger partial charge in [-0.2, -0.15) is 13.2 Å². The Balaban J connectivity index is 2.19. The van der Waals surface area contributed by atoms with Gasteiger partial charge in [-0.25, -0.2) is 4.39 Å². The highest BCUT2D eigenvalue weighted by molar-refractivity contribution is 5.20. The zero-order chi connectivity index (χ0) is 13.9. The van der Waals surface area contributed by atoms with Gasteiger partial charge in [0.05, 0.1) is 6.42 Å². The van der Waals surface area contributed by atoms with E-state index in [1.165, 1.54) is 24.3 Å². The van der Waals surface area contributed by atoms with Gasteiger partial charge in [0.2, 0.25) is 0 Å². The first kappa shape index (κ1) is 14.3. The monoisotopic (exact) mass is 276 g/mol. The van der Waals surface area contributed by atoms with Crippen molar-refractivity contribution in [2.24, 2.45) is 0 Å². The van der Waals surface area contributed by atoms with Crippen molar-refractivity contribution in [3.05, 3.63) is 35.6 Å². The van der Waals surface area contributed by atoms with Crippen molar-refractivity contribution < 1.29 is 17.6 Å². The number of nitrogens with one attached hydrogen (secondary N) is 1. The molecule has 1 heterocycles. The maximum atomic E-state index is 12.9. The summed E-state index contributed by atoms with van der Waals surface area (Å²) >= 11 is 0. The Morgan fingerprint density at radius 2 is 1.68 bits per heavy atom. The Morgan fingerprint density at radius 3 is 2.21 bits per heavy atom. The molecule has 1 saturated heterocycles. The Labute approximate surface area is 109 Å². The van der Waals surface area contributed by atoms with E-state index in [1.54, 1.807) is 4.90 Å². The molecule has 1 fully saturated rings. The SMILES string of the molecule is Fc1ccc([C@@H](CC(F)(F)F)N2CCNCC2)cc1. The van der Waals surface area contributed by atoms with Crippen LogP contribution in [0, 0.1) is 5.82 Å². The average Bonchev–Trinajstić information content (AvgIpc) is 2.37. The molecule has 1 aliphatic heterocycles. The normalized spacial score (nSPS) is 19.4. The van der Waals surface area contributed by atoms with Crippen molar-refractivity contribution in [1.82, 2.24) is 10.2 Å². The molecule has 0 unspecified atom stereocenters. The Bertz CT molecular complexity index is 396. The summed E-state index contributed by atoms with van der Waals surface area (Å²) < 4.78 is 51.0. The zero-order valence-electron chi connectivity index (χ0n) is 10.4. The molecule has 0 saturated carbocycles. The van der Waals surface area contributed by atoms with Gasteiger partial charge < -0.3 is 5.32 Å². The first-order valence-electron chi connectivity index (χ1n) is 6.23. The number of alkyl halides is 3. The van der Waals surface area contributed by atoms with E-state index in [1.807, 2.05) is 0 Å². The summed E-state index contributed by atoms with van der Waals surface area (Å²) in [7, 11) is 0. The summed E-state index contributed by atoms with van der Waals surface area (Å²) in [5.41, 5.74) is 0.514. The molecule has 1 aromatic rings. The molecule has 1 N–H and O–H groups in total. The Kier molecular flexibility index (Phi) is 4.42. The van der Waals surface area contributed by atoms with Gasteiger partial charge >= 0.3 is 6.18 Å². The molecule has 1 aliphatic rings. The van der Waals surface area contributed by atoms with Crippen molar-refractivity contribution in [2.45, 2.75) is 18.6 Å². The number of rotatable bonds is 3. The lowest BCUT2D eigenvalue weighted by molar-refractivity contribution is -0.148. The second-order valence-electron chi connectivity index (χ2n) is 4.67. The number of hydrogen-bond donors (Lipinski definition) is 1. The highest BCUT2D eigenvalue weighted by atomic mass is 19.4. The smallest absolute Gasteiger partial charge is 0.314 e. The minimum atomic E-state index is -4.23. The second kappa shape index (κ2) is 5.88. The predicted molar refractivity (Wildman–Crippen MR) is 64.3 cm³/mol. The van der Waals surface area contributed by atoms with Gasteiger partial charge in [-0.05, 0) is 17.7 Å². The van der Waals surface area contributed by atoms with Crippen molar-refractivity contribution in [3.63, 3.8) is 0 Å². The van der Waals surface area contributed by atoms with Crippen LogP contribution in [0.4, 0.5) is 17.6 Å². The van der Waals surface area contributed by atoms with Gasteiger partial charge in [-0.1, -0.05) is 12.1 Å². The van der Waals surface area contributed by atoms with Crippen LogP contribution in [0.15, 0.2) is 24.3 Å². The lowest BCUT2D eigenvalue weighted by Gasteiger charge is -2.35. The van der Waals surface area contributed by atoms with Gasteiger partial charge in [0.15, 0.2) is 0 Å². The van der Waals surface area contributed by atoms with E-state index in [0.29, 0.717) is 31.7 Å². The van der Waals surface area contributed by atoms with E-state index in [0.717, 1.165) is 0 Å². The highest BCUT2D eigenvalue weighted by Crippen LogP contribution is 2.33. The topological polar surface area (TPSA) is 15.3 Å². The van der Waals surface area contributed by atoms with Gasteiger partial charge in [0, 0.05) is 32.2 Å². The molecule has 1 aromatic carbocycles. The van der Waals surface area contributed by atoms with Crippen molar-refractivity contribution in [1.29, 1.82) is 0 Å². The number of halogens is 4. The first-order valence-corrected chi connectivity index (χ1v) is 6.23. The minimum Gasteiger partial charge on any atom is -0.314 e. The molecular weight excluding hydrogens is 260 g/mol. The molecule has 0 bridgehead atoms. The van der Waals surface area contributed by atoms with Crippen molar-refractivity contribution in [2.75, 3.05) is 26.2 Å². The summed E-state index contributed by atoms with van der Waals surface area (Å²) in [6.45, 7) is 2.49. The third kappa shape index (κ3) is 4.18. The molecule has 0 spiro atoms. The molecule has 0 aliphatic carbocycles. The molecule has 1 atom stereocenters. The lowest BCUT2D eigenvalue weighted by Crippen LogP contribution is -2.46. The molecule has 0 radical (unpaired) electrons. The van der Waals surface area contributed by atoms with Crippen LogP contribution in [0.5, 0.6) is 0 Å². The standard InChI is InChI=1S/C13H16F4N2/c14-11-3-1-10(2-4-11)12(9-13(15,16)17)19-7-5-18-6-8-19/h1-4,12,18H,5-9H2/t12-/m1/s1. The number of piperazine rings is 1. The maximum absolute atomic E-state index is 12.9. The third-order valence-corrected chi connectivity index (χ3v) is 3.27. The second-order valence-corrected chi connectivity index (χ2v) is 4.67. The summed E-state index contributed by atoms with van der Waals surface area (Å²) in [6.07, 6.45) is -5.14. The van der Waals surface area contributed by atoms with Crippen LogP contribution < -0.4 is 5.32 Å². The summed E-state index contributed by atoms with van der Waals surface area (Å²) in [4.78, 5) is 1.80. The average molecular weight is 276 g/mol. The first-order chi connectivity index (χ1) is 8.96. The number of benzene rings is 1. The minimum absolute atomic E-state index is 0.435. The lowest BCUT2D eigenvalue weighted by atomic mass is 10.0. The van der Waals surface area contributed by atoms with Gasteiger partial charge in [-0.3, -0.25) is 4.90 Å². The zero-order valence-corrected chi connectivity index (χ0v) is 10.4. The number of nitrogens with zero attached hydrogens (tertiary/aromatic N) is 1. The molecule has 2 rings (SSSR count). The van der Waals surface area contributed by atoms with E-state index < -0.39 is 24.5 Å². The Hall–Kier alpha value is -1.14. The van der Waals surface area contributed by atoms with Crippen LogP contribution in [-0.2, 0) is 0 Å². The van der Waals surface area contributed by atoms with E-state index >= 15 is 0 Å². The van der Waals surface area contributed by atoms with E-state index in [4.69, 9.17) is 0 Å². The molecule has 106 valence electrons. The molecule has 0 amide bonds. The van der Waals surface area contributed by atoms with Crippen LogP contribution in [0.3, 0.4) is 0 Å². The predicted octanol–water partition coefficient (Wildman–Crippen LogP) is 2.72. The Morgan fingerprint density at radius 1 is 1.11 bits per heavy atom. The van der Waals surface area contributed by atoms with Crippen LogP contribution >= 0.6 is 0 Å². The number of hydrogen-bond acceptors (Lipinski definition) is 2. The van der Waals surface area contributed by atoms with Crippen LogP contribution in [0.1, 0.15) is 18.0 Å². The van der Waals surface area contributed by atoms with Gasteiger partial charge in [0.25, 0.3) is 0 Å². The summed E-state index contributed by atoms with van der Waals surface area (Å²) in [5.74, 6) is -0.435. The quantitative estimate of drug-likeness (QED) is 0.854. The molecule has 2 nitrogen and oxygen atoms in total. The molecule has 19 heavy (non-hydrogen) atoms. The van der Waals surface area contributed by atoms with E-state index in [-0.39, 0.29) is 0 Å². The fourth-order valence-electron chi connectivity index (χ4n) is 2.36. The van der Waals surface area contributed by atoms with Gasteiger partial charge in [-0.15, -0.1) is 0 Å². The molecule has 6 heteroatoms. The van der Waals surface area contributed by atoms with Crippen LogP contribution in [0.25, 0.3) is 0 Å². The molecular formula is C13H16F4N2. The third-order valence-electron chi connectivity index (χ3n) is 3.27. The fraction of sp³-hybridized carbons (Fsp3) is 0.538. The maximum Gasteiger partial charge on any atom is 0.390 e. The van der Waals surface area contributed by atoms with Crippen LogP contribution in [0.2, 0.25) is 0 Å². The van der Waals surface area contributed by atoms with Crippen molar-refractivity contribution in [3.8, 4) is 0 Å². The fourth-order valence-corrected chi connectivity index (χ4v) is 2.36. The van der Waals surface area contributed by atoms with Crippen molar-refractivity contribution >= 4 is 0 Å². The van der Waals surface area contributed by atoms with E-state index in [2.05, 4.69) is 5.32 Å². The van der Waals surface area contributed by atoms with E-state index in [9.17, 15) is 17.6 Å².